The van der Waals surface area contributed by atoms with Gasteiger partial charge in [0.15, 0.2) is 10.9 Å². The topological polar surface area (TPSA) is 79.8 Å². The van der Waals surface area contributed by atoms with Crippen molar-refractivity contribution in [2.75, 3.05) is 7.05 Å². The van der Waals surface area contributed by atoms with Gasteiger partial charge in [0.25, 0.3) is 0 Å². The number of rotatable bonds is 6. The summed E-state index contributed by atoms with van der Waals surface area (Å²) in [6.07, 6.45) is 5.73. The summed E-state index contributed by atoms with van der Waals surface area (Å²) in [5.74, 6) is 1.67. The molecule has 0 atom stereocenters. The van der Waals surface area contributed by atoms with Crippen molar-refractivity contribution < 1.29 is 4.52 Å². The Kier molecular flexibility index (Phi) is 7.24. The van der Waals surface area contributed by atoms with E-state index in [0.717, 1.165) is 46.5 Å². The third-order valence-corrected chi connectivity index (χ3v) is 4.61. The fourth-order valence-electron chi connectivity index (χ4n) is 2.57. The molecule has 7 nitrogen and oxygen atoms in total. The Bertz CT molecular complexity index is 787. The average Bonchev–Trinajstić information content (AvgIpc) is 3.28. The van der Waals surface area contributed by atoms with Crippen molar-refractivity contribution in [1.82, 2.24) is 25.2 Å². The minimum atomic E-state index is 0. The van der Waals surface area contributed by atoms with Crippen LogP contribution < -0.4 is 10.6 Å². The monoisotopic (exact) mass is 474 g/mol. The molecule has 0 radical (unpaired) electrons. The van der Waals surface area contributed by atoms with Gasteiger partial charge in [-0.2, -0.15) is 0 Å². The number of aryl methyl sites for hydroxylation is 2. The van der Waals surface area contributed by atoms with E-state index in [0.29, 0.717) is 13.1 Å². The van der Waals surface area contributed by atoms with Crippen molar-refractivity contribution in [2.24, 2.45) is 4.99 Å². The molecule has 3 heterocycles. The number of aromatic nitrogens is 3. The van der Waals surface area contributed by atoms with Gasteiger partial charge >= 0.3 is 0 Å². The smallest absolute Gasteiger partial charge is 0.193 e. The molecule has 2 N–H and O–H groups in total. The zero-order chi connectivity index (χ0) is 16.9. The summed E-state index contributed by atoms with van der Waals surface area (Å²) in [6.45, 7) is 5.42. The second kappa shape index (κ2) is 9.18. The van der Waals surface area contributed by atoms with Crippen LogP contribution in [0, 0.1) is 0 Å². The third-order valence-electron chi connectivity index (χ3n) is 3.84. The maximum Gasteiger partial charge on any atom is 0.193 e. The summed E-state index contributed by atoms with van der Waals surface area (Å²) in [6, 6.07) is 0. The molecule has 136 valence electrons. The van der Waals surface area contributed by atoms with Gasteiger partial charge in [0.2, 0.25) is 0 Å². The Hall–Kier alpha value is -1.62. The molecule has 0 saturated heterocycles. The third kappa shape index (κ3) is 4.51. The van der Waals surface area contributed by atoms with Gasteiger partial charge in [0.05, 0.1) is 17.9 Å². The van der Waals surface area contributed by atoms with Crippen molar-refractivity contribution in [2.45, 2.75) is 39.8 Å². The Morgan fingerprint density at radius 2 is 2.08 bits per heavy atom. The standard InChI is InChI=1S/C16H22N6OS.HI/c1-4-13-12(14(5-2)23-21-13)9-19-15(17-3)18-8-11-10-22-6-7-24-16(22)20-11;/h6-7,10H,4-5,8-9H2,1-3H3,(H2,17,18,19);1H. The summed E-state index contributed by atoms with van der Waals surface area (Å²) >= 11 is 1.63. The minimum Gasteiger partial charge on any atom is -0.361 e. The van der Waals surface area contributed by atoms with Crippen LogP contribution in [0.5, 0.6) is 0 Å². The van der Waals surface area contributed by atoms with Crippen LogP contribution in [0.1, 0.15) is 36.6 Å². The van der Waals surface area contributed by atoms with Crippen LogP contribution in [0.2, 0.25) is 0 Å². The van der Waals surface area contributed by atoms with Gasteiger partial charge in [-0.1, -0.05) is 19.0 Å². The van der Waals surface area contributed by atoms with Gasteiger partial charge in [0.1, 0.15) is 5.76 Å². The van der Waals surface area contributed by atoms with Crippen molar-refractivity contribution in [1.29, 1.82) is 0 Å². The highest BCUT2D eigenvalue weighted by atomic mass is 127. The second-order valence-electron chi connectivity index (χ2n) is 5.34. The van der Waals surface area contributed by atoms with Gasteiger partial charge in [-0.05, 0) is 6.42 Å². The Morgan fingerprint density at radius 1 is 1.28 bits per heavy atom. The molecule has 0 bridgehead atoms. The van der Waals surface area contributed by atoms with Crippen LogP contribution in [-0.2, 0) is 25.9 Å². The predicted molar refractivity (Wildman–Crippen MR) is 111 cm³/mol. The number of nitrogens with one attached hydrogen (secondary N) is 2. The molecule has 0 saturated carbocycles. The van der Waals surface area contributed by atoms with E-state index in [-0.39, 0.29) is 24.0 Å². The fourth-order valence-corrected chi connectivity index (χ4v) is 3.29. The highest BCUT2D eigenvalue weighted by Crippen LogP contribution is 2.15. The summed E-state index contributed by atoms with van der Waals surface area (Å²) in [4.78, 5) is 9.82. The lowest BCUT2D eigenvalue weighted by molar-refractivity contribution is 0.380. The van der Waals surface area contributed by atoms with Gasteiger partial charge in [-0.15, -0.1) is 35.3 Å². The first-order valence-corrected chi connectivity index (χ1v) is 8.95. The molecule has 3 aromatic rings. The van der Waals surface area contributed by atoms with Crippen LogP contribution in [0.25, 0.3) is 4.96 Å². The van der Waals surface area contributed by atoms with E-state index in [4.69, 9.17) is 4.52 Å². The van der Waals surface area contributed by atoms with Crippen LogP contribution >= 0.6 is 35.3 Å². The number of aliphatic imine (C=N–C) groups is 1. The normalized spacial score (nSPS) is 11.6. The first-order chi connectivity index (χ1) is 11.7. The molecule has 0 unspecified atom stereocenters. The van der Waals surface area contributed by atoms with E-state index in [1.54, 1.807) is 18.4 Å². The van der Waals surface area contributed by atoms with Crippen molar-refractivity contribution >= 4 is 46.2 Å². The van der Waals surface area contributed by atoms with Crippen molar-refractivity contribution in [3.05, 3.63) is 40.5 Å². The molecule has 25 heavy (non-hydrogen) atoms. The van der Waals surface area contributed by atoms with Crippen LogP contribution in [0.15, 0.2) is 27.3 Å². The number of guanidine groups is 1. The predicted octanol–water partition coefficient (Wildman–Crippen LogP) is 2.99. The molecule has 0 spiro atoms. The molecule has 3 aromatic heterocycles. The van der Waals surface area contributed by atoms with Crippen molar-refractivity contribution in [3.8, 4) is 0 Å². The maximum atomic E-state index is 5.39. The van der Waals surface area contributed by atoms with Crippen LogP contribution in [0.3, 0.4) is 0 Å². The lowest BCUT2D eigenvalue weighted by Gasteiger charge is -2.11. The largest absolute Gasteiger partial charge is 0.361 e. The molecule has 3 rings (SSSR count). The molecule has 0 aliphatic carbocycles. The number of nitrogens with zero attached hydrogens (tertiary/aromatic N) is 4. The lowest BCUT2D eigenvalue weighted by Crippen LogP contribution is -2.36. The highest BCUT2D eigenvalue weighted by molar-refractivity contribution is 14.0. The van der Waals surface area contributed by atoms with Gasteiger partial charge in [0, 0.05) is 43.4 Å². The molecule has 0 aliphatic rings. The van der Waals surface area contributed by atoms with E-state index in [2.05, 4.69) is 39.6 Å². The molecule has 0 aromatic carbocycles. The van der Waals surface area contributed by atoms with Gasteiger partial charge < -0.3 is 15.2 Å². The number of hydrogen-bond acceptors (Lipinski definition) is 5. The number of hydrogen-bond donors (Lipinski definition) is 2. The van der Waals surface area contributed by atoms with E-state index >= 15 is 0 Å². The quantitative estimate of drug-likeness (QED) is 0.326. The maximum absolute atomic E-state index is 5.39. The van der Waals surface area contributed by atoms with Gasteiger partial charge in [-0.3, -0.25) is 9.39 Å². The zero-order valence-corrected chi connectivity index (χ0v) is 17.7. The second-order valence-corrected chi connectivity index (χ2v) is 6.22. The van der Waals surface area contributed by atoms with Crippen LogP contribution in [0.4, 0.5) is 0 Å². The van der Waals surface area contributed by atoms with E-state index < -0.39 is 0 Å². The minimum absolute atomic E-state index is 0. The SMILES string of the molecule is CCc1noc(CC)c1CNC(=NC)NCc1cn2ccsc2n1.I. The lowest BCUT2D eigenvalue weighted by atomic mass is 10.1. The molecule has 0 aliphatic heterocycles. The van der Waals surface area contributed by atoms with E-state index in [1.165, 1.54) is 0 Å². The zero-order valence-electron chi connectivity index (χ0n) is 14.6. The van der Waals surface area contributed by atoms with Crippen LogP contribution in [-0.4, -0.2) is 27.5 Å². The fraction of sp³-hybridized carbons (Fsp3) is 0.438. The van der Waals surface area contributed by atoms with E-state index in [9.17, 15) is 0 Å². The summed E-state index contributed by atoms with van der Waals surface area (Å²) in [7, 11) is 1.76. The number of imidazole rings is 1. The number of thiazole rings is 1. The Labute approximate surface area is 167 Å². The van der Waals surface area contributed by atoms with Gasteiger partial charge in [-0.25, -0.2) is 4.98 Å². The summed E-state index contributed by atoms with van der Waals surface area (Å²) in [5.41, 5.74) is 3.12. The first-order valence-electron chi connectivity index (χ1n) is 8.07. The molecule has 9 heteroatoms. The van der Waals surface area contributed by atoms with Crippen molar-refractivity contribution in [3.63, 3.8) is 0 Å². The van der Waals surface area contributed by atoms with E-state index in [1.807, 2.05) is 22.2 Å². The number of halogens is 1. The molecule has 0 fully saturated rings. The Morgan fingerprint density at radius 3 is 2.76 bits per heavy atom. The molecular weight excluding hydrogens is 451 g/mol. The number of fused-ring (bicyclic) bond motifs is 1. The molecular formula is C16H23IN6OS. The molecule has 0 amide bonds. The summed E-state index contributed by atoms with van der Waals surface area (Å²) < 4.78 is 7.42. The Balaban J connectivity index is 0.00000225. The first kappa shape index (κ1) is 19.7. The highest BCUT2D eigenvalue weighted by Gasteiger charge is 2.13. The average molecular weight is 474 g/mol. The summed E-state index contributed by atoms with van der Waals surface area (Å²) in [5, 5.41) is 12.8.